The maximum absolute atomic E-state index is 9.13. The summed E-state index contributed by atoms with van der Waals surface area (Å²) in [6, 6.07) is 11.4. The number of nitrogens with zero attached hydrogens (tertiary/aromatic N) is 1. The molecule has 94 valence electrons. The van der Waals surface area contributed by atoms with E-state index in [0.29, 0.717) is 5.88 Å². The summed E-state index contributed by atoms with van der Waals surface area (Å²) in [4.78, 5) is 5.47. The van der Waals surface area contributed by atoms with Gasteiger partial charge < -0.3 is 9.84 Å². The van der Waals surface area contributed by atoms with Crippen LogP contribution in [-0.2, 0) is 6.61 Å². The Kier molecular flexibility index (Phi) is 4.23. The van der Waals surface area contributed by atoms with Crippen LogP contribution in [0.1, 0.15) is 11.3 Å². The minimum absolute atomic E-state index is 0.00880. The molecular formula is C14H15NO2S. The molecule has 4 heteroatoms. The third-order valence-corrected chi connectivity index (χ3v) is 3.20. The number of ether oxygens (including phenoxy) is 1. The largest absolute Gasteiger partial charge is 0.439 e. The average Bonchev–Trinajstić information content (AvgIpc) is 2.39. The van der Waals surface area contributed by atoms with Gasteiger partial charge in [0.05, 0.1) is 6.61 Å². The van der Waals surface area contributed by atoms with E-state index < -0.39 is 0 Å². The van der Waals surface area contributed by atoms with Gasteiger partial charge in [0.1, 0.15) is 5.75 Å². The first kappa shape index (κ1) is 12.9. The molecule has 0 unspecified atom stereocenters. The second-order valence-corrected chi connectivity index (χ2v) is 4.77. The second-order valence-electron chi connectivity index (χ2n) is 3.89. The lowest BCUT2D eigenvalue weighted by Crippen LogP contribution is -1.93. The molecule has 0 aliphatic carbocycles. The van der Waals surface area contributed by atoms with E-state index in [4.69, 9.17) is 9.84 Å². The molecule has 0 fully saturated rings. The fourth-order valence-electron chi connectivity index (χ4n) is 1.62. The Balaban J connectivity index is 2.19. The fourth-order valence-corrected chi connectivity index (χ4v) is 2.02. The molecule has 18 heavy (non-hydrogen) atoms. The first-order chi connectivity index (χ1) is 8.71. The molecule has 0 radical (unpaired) electrons. The van der Waals surface area contributed by atoms with Crippen molar-refractivity contribution in [1.82, 2.24) is 4.98 Å². The van der Waals surface area contributed by atoms with E-state index in [0.717, 1.165) is 17.0 Å². The highest BCUT2D eigenvalue weighted by Gasteiger charge is 2.02. The maximum atomic E-state index is 9.13. The normalized spacial score (nSPS) is 10.4. The summed E-state index contributed by atoms with van der Waals surface area (Å²) in [5.41, 5.74) is 1.63. The van der Waals surface area contributed by atoms with Crippen LogP contribution >= 0.6 is 11.8 Å². The predicted molar refractivity (Wildman–Crippen MR) is 73.2 cm³/mol. The van der Waals surface area contributed by atoms with Crippen molar-refractivity contribution < 1.29 is 9.84 Å². The van der Waals surface area contributed by atoms with Gasteiger partial charge in [0.2, 0.25) is 5.88 Å². The van der Waals surface area contributed by atoms with E-state index in [9.17, 15) is 0 Å². The molecule has 0 saturated heterocycles. The molecule has 0 aliphatic heterocycles. The summed E-state index contributed by atoms with van der Waals surface area (Å²) in [7, 11) is 0. The standard InChI is InChI=1S/C14H15NO2S/c1-10-7-11(9-16)8-14(15-10)17-12-3-5-13(18-2)6-4-12/h3-8,16H,9H2,1-2H3. The highest BCUT2D eigenvalue weighted by Crippen LogP contribution is 2.24. The topological polar surface area (TPSA) is 42.4 Å². The zero-order chi connectivity index (χ0) is 13.0. The first-order valence-electron chi connectivity index (χ1n) is 5.61. The van der Waals surface area contributed by atoms with E-state index in [-0.39, 0.29) is 6.61 Å². The summed E-state index contributed by atoms with van der Waals surface area (Å²) in [6.07, 6.45) is 2.03. The Bertz CT molecular complexity index is 526. The van der Waals surface area contributed by atoms with E-state index >= 15 is 0 Å². The predicted octanol–water partition coefficient (Wildman–Crippen LogP) is 3.40. The van der Waals surface area contributed by atoms with Crippen LogP contribution in [0, 0.1) is 6.92 Å². The van der Waals surface area contributed by atoms with Crippen molar-refractivity contribution in [2.24, 2.45) is 0 Å². The average molecular weight is 261 g/mol. The van der Waals surface area contributed by atoms with Gasteiger partial charge in [0.25, 0.3) is 0 Å². The number of hydrogen-bond acceptors (Lipinski definition) is 4. The minimum atomic E-state index is -0.00880. The molecule has 1 aromatic carbocycles. The Morgan fingerprint density at radius 3 is 2.56 bits per heavy atom. The SMILES string of the molecule is CSc1ccc(Oc2cc(CO)cc(C)n2)cc1. The molecule has 0 aliphatic rings. The van der Waals surface area contributed by atoms with Crippen LogP contribution < -0.4 is 4.74 Å². The monoisotopic (exact) mass is 261 g/mol. The van der Waals surface area contributed by atoms with Gasteiger partial charge in [-0.05, 0) is 49.1 Å². The van der Waals surface area contributed by atoms with E-state index in [2.05, 4.69) is 4.98 Å². The highest BCUT2D eigenvalue weighted by atomic mass is 32.2. The van der Waals surface area contributed by atoms with Gasteiger partial charge in [0.15, 0.2) is 0 Å². The van der Waals surface area contributed by atoms with Crippen LogP contribution in [-0.4, -0.2) is 16.3 Å². The Morgan fingerprint density at radius 1 is 1.22 bits per heavy atom. The number of hydrogen-bond donors (Lipinski definition) is 1. The summed E-state index contributed by atoms with van der Waals surface area (Å²) >= 11 is 1.69. The first-order valence-corrected chi connectivity index (χ1v) is 6.84. The van der Waals surface area contributed by atoms with Crippen LogP contribution in [0.15, 0.2) is 41.3 Å². The van der Waals surface area contributed by atoms with Gasteiger partial charge in [-0.15, -0.1) is 11.8 Å². The van der Waals surface area contributed by atoms with E-state index in [1.807, 2.05) is 43.5 Å². The molecule has 3 nitrogen and oxygen atoms in total. The molecule has 2 aromatic rings. The number of aliphatic hydroxyl groups is 1. The smallest absolute Gasteiger partial charge is 0.219 e. The van der Waals surface area contributed by atoms with Crippen molar-refractivity contribution in [3.63, 3.8) is 0 Å². The van der Waals surface area contributed by atoms with Crippen molar-refractivity contribution >= 4 is 11.8 Å². The van der Waals surface area contributed by atoms with E-state index in [1.54, 1.807) is 17.8 Å². The van der Waals surface area contributed by atoms with Crippen molar-refractivity contribution in [2.45, 2.75) is 18.4 Å². The molecule has 0 amide bonds. The zero-order valence-corrected chi connectivity index (χ0v) is 11.2. The van der Waals surface area contributed by atoms with Crippen molar-refractivity contribution in [2.75, 3.05) is 6.26 Å². The summed E-state index contributed by atoms with van der Waals surface area (Å²) in [5, 5.41) is 9.13. The van der Waals surface area contributed by atoms with Crippen LogP contribution in [0.5, 0.6) is 11.6 Å². The van der Waals surface area contributed by atoms with Gasteiger partial charge >= 0.3 is 0 Å². The van der Waals surface area contributed by atoms with E-state index in [1.165, 1.54) is 4.90 Å². The molecule has 1 aromatic heterocycles. The molecule has 0 bridgehead atoms. The number of aromatic nitrogens is 1. The van der Waals surface area contributed by atoms with Crippen LogP contribution in [0.3, 0.4) is 0 Å². The van der Waals surface area contributed by atoms with Gasteiger partial charge in [-0.2, -0.15) is 0 Å². The number of pyridine rings is 1. The molecule has 1 heterocycles. The fraction of sp³-hybridized carbons (Fsp3) is 0.214. The van der Waals surface area contributed by atoms with Crippen molar-refractivity contribution in [1.29, 1.82) is 0 Å². The van der Waals surface area contributed by atoms with Crippen LogP contribution in [0.4, 0.5) is 0 Å². The third-order valence-electron chi connectivity index (χ3n) is 2.45. The van der Waals surface area contributed by atoms with Gasteiger partial charge in [0, 0.05) is 16.7 Å². The second kappa shape index (κ2) is 5.89. The van der Waals surface area contributed by atoms with Gasteiger partial charge in [-0.1, -0.05) is 0 Å². The Labute approximate surface area is 111 Å². The number of aliphatic hydroxyl groups excluding tert-OH is 1. The summed E-state index contributed by atoms with van der Waals surface area (Å²) in [6.45, 7) is 1.87. The van der Waals surface area contributed by atoms with Crippen LogP contribution in [0.2, 0.25) is 0 Å². The molecular weight excluding hydrogens is 246 g/mol. The lowest BCUT2D eigenvalue weighted by molar-refractivity contribution is 0.281. The molecule has 2 rings (SSSR count). The zero-order valence-electron chi connectivity index (χ0n) is 10.4. The quantitative estimate of drug-likeness (QED) is 0.857. The number of aryl methyl sites for hydroxylation is 1. The van der Waals surface area contributed by atoms with Crippen LogP contribution in [0.25, 0.3) is 0 Å². The molecule has 0 saturated carbocycles. The maximum Gasteiger partial charge on any atom is 0.219 e. The highest BCUT2D eigenvalue weighted by molar-refractivity contribution is 7.98. The number of benzene rings is 1. The lowest BCUT2D eigenvalue weighted by Gasteiger charge is -2.07. The lowest BCUT2D eigenvalue weighted by atomic mass is 10.2. The summed E-state index contributed by atoms with van der Waals surface area (Å²) < 4.78 is 5.67. The van der Waals surface area contributed by atoms with Crippen molar-refractivity contribution in [3.8, 4) is 11.6 Å². The molecule has 0 atom stereocenters. The number of thioether (sulfide) groups is 1. The van der Waals surface area contributed by atoms with Gasteiger partial charge in [-0.25, -0.2) is 4.98 Å². The minimum Gasteiger partial charge on any atom is -0.439 e. The molecule has 0 spiro atoms. The number of rotatable bonds is 4. The Hall–Kier alpha value is -1.52. The summed E-state index contributed by atoms with van der Waals surface area (Å²) in [5.74, 6) is 1.26. The Morgan fingerprint density at radius 2 is 1.94 bits per heavy atom. The van der Waals surface area contributed by atoms with Crippen molar-refractivity contribution in [3.05, 3.63) is 47.7 Å². The molecule has 1 N–H and O–H groups in total. The van der Waals surface area contributed by atoms with Gasteiger partial charge in [-0.3, -0.25) is 0 Å². The third kappa shape index (κ3) is 3.24.